The number of ether oxygens (including phenoxy) is 4. The molecule has 14 heteroatoms. The van der Waals surface area contributed by atoms with Gasteiger partial charge in [0.25, 0.3) is 0 Å². The van der Waals surface area contributed by atoms with E-state index in [4.69, 9.17) is 18.9 Å². The third-order valence-electron chi connectivity index (χ3n) is 9.84. The van der Waals surface area contributed by atoms with Crippen LogP contribution in [0.3, 0.4) is 0 Å². The molecule has 0 amide bonds. The molecule has 2 aliphatic heterocycles. The van der Waals surface area contributed by atoms with Crippen molar-refractivity contribution in [1.82, 2.24) is 19.8 Å². The minimum Gasteiger partial charge on any atom is -0.481 e. The Hall–Kier alpha value is -4.24. The second-order valence-electron chi connectivity index (χ2n) is 12.9. The number of benzene rings is 2. The summed E-state index contributed by atoms with van der Waals surface area (Å²) in [6.45, 7) is 6.93. The number of carboxylic acids is 2. The maximum Gasteiger partial charge on any atom is 0.320 e. The molecule has 2 aromatic heterocycles. The summed E-state index contributed by atoms with van der Waals surface area (Å²) in [5.74, 6) is -0.0904. The van der Waals surface area contributed by atoms with Crippen molar-refractivity contribution < 1.29 is 38.7 Å². The lowest BCUT2D eigenvalue weighted by Crippen LogP contribution is -2.51. The number of hydrogen-bond donors (Lipinski definition) is 2. The van der Waals surface area contributed by atoms with Crippen molar-refractivity contribution in [3.8, 4) is 34.6 Å². The molecule has 2 N–H and O–H groups in total. The molecule has 2 aromatic carbocycles. The summed E-state index contributed by atoms with van der Waals surface area (Å²) in [6, 6.07) is 15.0. The molecule has 2 saturated heterocycles. The van der Waals surface area contributed by atoms with Crippen molar-refractivity contribution in [2.24, 2.45) is 0 Å². The first-order valence-corrected chi connectivity index (χ1v) is 18.4. The van der Waals surface area contributed by atoms with Crippen LogP contribution in [0.4, 0.5) is 0 Å². The Kier molecular flexibility index (Phi) is 11.7. The van der Waals surface area contributed by atoms with Gasteiger partial charge in [0.2, 0.25) is 23.5 Å². The Bertz CT molecular complexity index is 1850. The molecule has 52 heavy (non-hydrogen) atoms. The Morgan fingerprint density at radius 3 is 1.42 bits per heavy atom. The zero-order valence-corrected chi connectivity index (χ0v) is 32.5. The zero-order chi connectivity index (χ0) is 37.1. The molecule has 274 valence electrons. The molecule has 6 rings (SSSR count). The third kappa shape index (κ3) is 7.89. The van der Waals surface area contributed by atoms with Gasteiger partial charge in [-0.25, -0.2) is 0 Å². The molecule has 0 saturated carbocycles. The van der Waals surface area contributed by atoms with Gasteiger partial charge in [-0.15, -0.1) is 0 Å². The van der Waals surface area contributed by atoms with Crippen molar-refractivity contribution in [1.29, 1.82) is 0 Å². The summed E-state index contributed by atoms with van der Waals surface area (Å²) < 4.78 is 24.8. The largest absolute Gasteiger partial charge is 0.481 e. The van der Waals surface area contributed by atoms with Crippen LogP contribution in [-0.4, -0.2) is 81.3 Å². The number of aliphatic carboxylic acids is 2. The number of aromatic nitrogens is 2. The van der Waals surface area contributed by atoms with Gasteiger partial charge in [0.05, 0.1) is 23.2 Å². The first kappa shape index (κ1) is 37.5. The monoisotopic (exact) mass is 838 g/mol. The van der Waals surface area contributed by atoms with E-state index in [1.54, 1.807) is 14.2 Å². The third-order valence-corrected chi connectivity index (χ3v) is 11.0. The molecule has 0 unspecified atom stereocenters. The first-order valence-electron chi connectivity index (χ1n) is 16.8. The fourth-order valence-electron chi connectivity index (χ4n) is 6.58. The van der Waals surface area contributed by atoms with E-state index in [-0.39, 0.29) is 13.2 Å². The second-order valence-corrected chi connectivity index (χ2v) is 14.6. The molecule has 0 aliphatic carbocycles. The van der Waals surface area contributed by atoms with Gasteiger partial charge in [0.1, 0.15) is 25.3 Å². The van der Waals surface area contributed by atoms with Crippen LogP contribution in [0.1, 0.15) is 46.2 Å². The van der Waals surface area contributed by atoms with Gasteiger partial charge in [-0.2, -0.15) is 9.97 Å². The number of nitrogens with zero attached hydrogens (tertiary/aromatic N) is 4. The fraction of sp³-hybridized carbons (Fsp3) is 0.368. The topological polar surface area (TPSA) is 144 Å². The number of rotatable bonds is 15. The summed E-state index contributed by atoms with van der Waals surface area (Å²) in [5, 5.41) is 18.9. The van der Waals surface area contributed by atoms with Gasteiger partial charge in [0.15, 0.2) is 0 Å². The molecule has 4 heterocycles. The van der Waals surface area contributed by atoms with Gasteiger partial charge >= 0.3 is 11.9 Å². The lowest BCUT2D eigenvalue weighted by molar-refractivity contribution is -0.149. The van der Waals surface area contributed by atoms with Gasteiger partial charge in [-0.3, -0.25) is 19.4 Å². The number of carboxylic acid groups (broad SMARTS) is 2. The molecule has 2 fully saturated rings. The Labute approximate surface area is 318 Å². The molecule has 0 spiro atoms. The van der Waals surface area contributed by atoms with Crippen molar-refractivity contribution in [2.45, 2.75) is 65.1 Å². The van der Waals surface area contributed by atoms with Crippen LogP contribution in [0.5, 0.6) is 23.5 Å². The number of pyridine rings is 2. The molecule has 0 bridgehead atoms. The SMILES string of the molecule is COc1nc(OCc2cccc(-c3cccc(COc4nc(OC)c(CN5CC[C@H]5C(=O)O)cc4Br)c3C)c2C)c(Br)cc1CN1CC[C@H]1C(=O)O. The van der Waals surface area contributed by atoms with Crippen molar-refractivity contribution in [3.05, 3.63) is 90.9 Å². The number of carbonyl (C=O) groups is 2. The molecular formula is C38H40Br2N4O8. The molecule has 2 atom stereocenters. The van der Waals surface area contributed by atoms with Gasteiger partial charge in [-0.1, -0.05) is 36.4 Å². The summed E-state index contributed by atoms with van der Waals surface area (Å²) >= 11 is 7.18. The molecule has 4 aromatic rings. The molecule has 0 radical (unpaired) electrons. The van der Waals surface area contributed by atoms with Crippen LogP contribution in [0.25, 0.3) is 11.1 Å². The highest BCUT2D eigenvalue weighted by Gasteiger charge is 2.35. The lowest BCUT2D eigenvalue weighted by atomic mass is 9.92. The quantitative estimate of drug-likeness (QED) is 0.130. The van der Waals surface area contributed by atoms with Gasteiger partial charge in [0, 0.05) is 37.3 Å². The van der Waals surface area contributed by atoms with E-state index in [0.717, 1.165) is 44.5 Å². The van der Waals surface area contributed by atoms with E-state index in [9.17, 15) is 19.8 Å². The number of hydrogen-bond acceptors (Lipinski definition) is 10. The number of halogens is 2. The fourth-order valence-corrected chi connectivity index (χ4v) is 7.54. The van der Waals surface area contributed by atoms with Crippen LogP contribution in [-0.2, 0) is 35.9 Å². The first-order chi connectivity index (χ1) is 25.0. The van der Waals surface area contributed by atoms with Crippen LogP contribution in [0.15, 0.2) is 57.5 Å². The Morgan fingerprint density at radius 1 is 0.692 bits per heavy atom. The van der Waals surface area contributed by atoms with Crippen LogP contribution in [0, 0.1) is 13.8 Å². The van der Waals surface area contributed by atoms with Crippen molar-refractivity contribution in [2.75, 3.05) is 27.3 Å². The van der Waals surface area contributed by atoms with Crippen molar-refractivity contribution in [3.63, 3.8) is 0 Å². The lowest BCUT2D eigenvalue weighted by Gasteiger charge is -2.38. The van der Waals surface area contributed by atoms with E-state index < -0.39 is 24.0 Å². The van der Waals surface area contributed by atoms with Crippen LogP contribution >= 0.6 is 31.9 Å². The van der Waals surface area contributed by atoms with Crippen molar-refractivity contribution >= 4 is 43.8 Å². The van der Waals surface area contributed by atoms with E-state index in [1.807, 2.05) is 46.2 Å². The highest BCUT2D eigenvalue weighted by atomic mass is 79.9. The molecule has 2 aliphatic rings. The van der Waals surface area contributed by atoms with Gasteiger partial charge in [-0.05, 0) is 104 Å². The molecule has 12 nitrogen and oxygen atoms in total. The minimum atomic E-state index is -0.823. The summed E-state index contributed by atoms with van der Waals surface area (Å²) in [4.78, 5) is 35.9. The van der Waals surface area contributed by atoms with E-state index in [2.05, 4.69) is 67.8 Å². The predicted molar refractivity (Wildman–Crippen MR) is 200 cm³/mol. The predicted octanol–water partition coefficient (Wildman–Crippen LogP) is 6.78. The minimum absolute atomic E-state index is 0.273. The van der Waals surface area contributed by atoms with E-state index in [1.165, 1.54) is 0 Å². The number of likely N-dealkylation sites (tertiary alicyclic amines) is 2. The standard InChI is InChI=1S/C38H40Br2N4O8/c1-21-23(19-51-35-29(39)15-25(33(41-35)49-3)17-43-13-11-31(43)37(45)46)7-5-9-27(21)28-10-6-8-24(22(28)2)20-52-36-30(40)16-26(34(42-36)50-4)18-44-14-12-32(44)38(47)48/h5-10,15-16,31-32H,11-14,17-20H2,1-4H3,(H,45,46)(H,47,48)/t31-,32-/m0/s1. The van der Waals surface area contributed by atoms with E-state index >= 15 is 0 Å². The van der Waals surface area contributed by atoms with Crippen LogP contribution < -0.4 is 18.9 Å². The maximum atomic E-state index is 11.5. The summed E-state index contributed by atoms with van der Waals surface area (Å²) in [6.07, 6.45) is 1.25. The van der Waals surface area contributed by atoms with E-state index in [0.29, 0.717) is 71.5 Å². The smallest absolute Gasteiger partial charge is 0.320 e. The number of methoxy groups -OCH3 is 2. The highest BCUT2D eigenvalue weighted by Crippen LogP contribution is 2.36. The zero-order valence-electron chi connectivity index (χ0n) is 29.3. The Balaban J connectivity index is 1.15. The summed E-state index contributed by atoms with van der Waals surface area (Å²) in [5.41, 5.74) is 7.82. The molecular weight excluding hydrogens is 800 g/mol. The normalized spacial score (nSPS) is 17.2. The Morgan fingerprint density at radius 2 is 1.10 bits per heavy atom. The second kappa shape index (κ2) is 16.2. The van der Waals surface area contributed by atoms with Crippen LogP contribution in [0.2, 0.25) is 0 Å². The summed E-state index contributed by atoms with van der Waals surface area (Å²) in [7, 11) is 3.08. The average molecular weight is 841 g/mol. The maximum absolute atomic E-state index is 11.5. The highest BCUT2D eigenvalue weighted by molar-refractivity contribution is 9.10. The van der Waals surface area contributed by atoms with Gasteiger partial charge < -0.3 is 29.2 Å². The average Bonchev–Trinajstić information content (AvgIpc) is 3.08.